The predicted molar refractivity (Wildman–Crippen MR) is 69.5 cm³/mol. The minimum absolute atomic E-state index is 0.0542. The fourth-order valence-corrected chi connectivity index (χ4v) is 2.29. The van der Waals surface area contributed by atoms with Crippen molar-refractivity contribution < 1.29 is 4.79 Å². The smallest absolute Gasteiger partial charge is 0.255 e. The molecule has 5 nitrogen and oxygen atoms in total. The third-order valence-corrected chi connectivity index (χ3v) is 3.46. The summed E-state index contributed by atoms with van der Waals surface area (Å²) in [6.45, 7) is 5.71. The van der Waals surface area contributed by atoms with Gasteiger partial charge in [-0.05, 0) is 32.4 Å². The van der Waals surface area contributed by atoms with E-state index < -0.39 is 0 Å². The monoisotopic (exact) mass is 248 g/mol. The molecule has 2 heterocycles. The van der Waals surface area contributed by atoms with Crippen molar-refractivity contribution in [2.75, 3.05) is 20.1 Å². The second-order valence-electron chi connectivity index (χ2n) is 4.76. The summed E-state index contributed by atoms with van der Waals surface area (Å²) in [6, 6.07) is 2.13. The molecule has 1 aliphatic rings. The summed E-state index contributed by atoms with van der Waals surface area (Å²) in [5, 5.41) is 11.4. The number of aryl methyl sites for hydroxylation is 2. The van der Waals surface area contributed by atoms with Crippen LogP contribution in [0.2, 0.25) is 0 Å². The lowest BCUT2D eigenvalue weighted by molar-refractivity contribution is 0.0741. The predicted octanol–water partition coefficient (Wildman–Crippen LogP) is 0.781. The van der Waals surface area contributed by atoms with Crippen molar-refractivity contribution in [3.05, 3.63) is 23.0 Å². The number of nitrogens with one attached hydrogen (secondary N) is 1. The topological polar surface area (TPSA) is 58.1 Å². The highest BCUT2D eigenvalue weighted by atomic mass is 16.2. The third-order valence-electron chi connectivity index (χ3n) is 3.46. The molecule has 1 unspecified atom stereocenters. The number of amides is 1. The number of carbonyl (C=O) groups is 1. The SMILES string of the molecule is CCc1nnc(C)cc1C(=O)N(C)C1CCNC1. The van der Waals surface area contributed by atoms with Crippen molar-refractivity contribution >= 4 is 5.91 Å². The molecular formula is C13H20N4O. The first-order valence-electron chi connectivity index (χ1n) is 6.44. The number of hydrogen-bond acceptors (Lipinski definition) is 4. The second-order valence-corrected chi connectivity index (χ2v) is 4.76. The maximum atomic E-state index is 12.5. The van der Waals surface area contributed by atoms with Gasteiger partial charge < -0.3 is 10.2 Å². The first-order valence-corrected chi connectivity index (χ1v) is 6.44. The summed E-state index contributed by atoms with van der Waals surface area (Å²) in [6.07, 6.45) is 1.74. The highest BCUT2D eigenvalue weighted by molar-refractivity contribution is 5.95. The Labute approximate surface area is 108 Å². The van der Waals surface area contributed by atoms with E-state index in [1.807, 2.05) is 31.9 Å². The van der Waals surface area contributed by atoms with Crippen molar-refractivity contribution in [2.24, 2.45) is 0 Å². The van der Waals surface area contributed by atoms with Gasteiger partial charge in [0, 0.05) is 19.6 Å². The second kappa shape index (κ2) is 5.44. The van der Waals surface area contributed by atoms with Crippen molar-refractivity contribution in [3.63, 3.8) is 0 Å². The Morgan fingerprint density at radius 3 is 2.94 bits per heavy atom. The molecule has 0 aliphatic carbocycles. The normalized spacial score (nSPS) is 18.9. The average Bonchev–Trinajstić information content (AvgIpc) is 2.90. The third kappa shape index (κ3) is 2.51. The maximum Gasteiger partial charge on any atom is 0.255 e. The van der Waals surface area contributed by atoms with Crippen molar-refractivity contribution in [1.29, 1.82) is 0 Å². The van der Waals surface area contributed by atoms with Gasteiger partial charge in [-0.1, -0.05) is 6.92 Å². The molecule has 1 aliphatic heterocycles. The molecule has 18 heavy (non-hydrogen) atoms. The quantitative estimate of drug-likeness (QED) is 0.859. The highest BCUT2D eigenvalue weighted by Gasteiger charge is 2.25. The van der Waals surface area contributed by atoms with Crippen LogP contribution in [0.3, 0.4) is 0 Å². The Balaban J connectivity index is 2.24. The highest BCUT2D eigenvalue weighted by Crippen LogP contribution is 2.14. The minimum Gasteiger partial charge on any atom is -0.337 e. The Kier molecular flexibility index (Phi) is 3.91. The van der Waals surface area contributed by atoms with Crippen molar-refractivity contribution in [2.45, 2.75) is 32.7 Å². The van der Waals surface area contributed by atoms with E-state index in [1.54, 1.807) is 0 Å². The van der Waals surface area contributed by atoms with Crippen LogP contribution in [0, 0.1) is 6.92 Å². The summed E-state index contributed by atoms with van der Waals surface area (Å²) in [7, 11) is 1.87. The molecular weight excluding hydrogens is 228 g/mol. The molecule has 1 fully saturated rings. The summed E-state index contributed by atoms with van der Waals surface area (Å²) in [5.74, 6) is 0.0542. The molecule has 1 N–H and O–H groups in total. The van der Waals surface area contributed by atoms with Gasteiger partial charge >= 0.3 is 0 Å². The summed E-state index contributed by atoms with van der Waals surface area (Å²) in [5.41, 5.74) is 2.26. The molecule has 0 bridgehead atoms. The first kappa shape index (κ1) is 13.0. The number of rotatable bonds is 3. The van der Waals surface area contributed by atoms with Crippen LogP contribution in [0.1, 0.15) is 35.1 Å². The van der Waals surface area contributed by atoms with E-state index >= 15 is 0 Å². The van der Waals surface area contributed by atoms with Gasteiger partial charge in [0.2, 0.25) is 0 Å². The van der Waals surface area contributed by atoms with Gasteiger partial charge in [0.1, 0.15) is 0 Å². The standard InChI is InChI=1S/C13H20N4O/c1-4-12-11(7-9(2)15-16-12)13(18)17(3)10-5-6-14-8-10/h7,10,14H,4-6,8H2,1-3H3. The molecule has 1 atom stereocenters. The van der Waals surface area contributed by atoms with Gasteiger partial charge in [-0.2, -0.15) is 10.2 Å². The van der Waals surface area contributed by atoms with Crippen LogP contribution in [-0.4, -0.2) is 47.2 Å². The maximum absolute atomic E-state index is 12.5. The molecule has 98 valence electrons. The fourth-order valence-electron chi connectivity index (χ4n) is 2.29. The number of likely N-dealkylation sites (N-methyl/N-ethyl adjacent to an activating group) is 1. The molecule has 1 saturated heterocycles. The van der Waals surface area contributed by atoms with E-state index in [2.05, 4.69) is 15.5 Å². The van der Waals surface area contributed by atoms with Crippen LogP contribution in [0.4, 0.5) is 0 Å². The van der Waals surface area contributed by atoms with E-state index in [9.17, 15) is 4.79 Å². The van der Waals surface area contributed by atoms with Crippen LogP contribution in [0.5, 0.6) is 0 Å². The molecule has 5 heteroatoms. The van der Waals surface area contributed by atoms with Gasteiger partial charge in [-0.25, -0.2) is 0 Å². The first-order chi connectivity index (χ1) is 8.63. The molecule has 0 spiro atoms. The fraction of sp³-hybridized carbons (Fsp3) is 0.615. The molecule has 0 radical (unpaired) electrons. The van der Waals surface area contributed by atoms with Crippen LogP contribution in [-0.2, 0) is 6.42 Å². The van der Waals surface area contributed by atoms with Crippen LogP contribution in [0.25, 0.3) is 0 Å². The molecule has 1 aromatic heterocycles. The van der Waals surface area contributed by atoms with Gasteiger partial charge in [0.25, 0.3) is 5.91 Å². The lowest BCUT2D eigenvalue weighted by Crippen LogP contribution is -2.39. The summed E-state index contributed by atoms with van der Waals surface area (Å²) >= 11 is 0. The van der Waals surface area contributed by atoms with E-state index in [0.717, 1.165) is 37.3 Å². The molecule has 1 aromatic rings. The summed E-state index contributed by atoms with van der Waals surface area (Å²) in [4.78, 5) is 14.3. The van der Waals surface area contributed by atoms with Gasteiger partial charge in [0.15, 0.2) is 0 Å². The van der Waals surface area contributed by atoms with E-state index in [0.29, 0.717) is 5.56 Å². The zero-order valence-electron chi connectivity index (χ0n) is 11.2. The zero-order chi connectivity index (χ0) is 13.1. The van der Waals surface area contributed by atoms with Gasteiger partial charge in [-0.15, -0.1) is 0 Å². The van der Waals surface area contributed by atoms with E-state index in [1.165, 1.54) is 0 Å². The number of nitrogens with zero attached hydrogens (tertiary/aromatic N) is 3. The van der Waals surface area contributed by atoms with Gasteiger partial charge in [0.05, 0.1) is 17.0 Å². The van der Waals surface area contributed by atoms with Gasteiger partial charge in [-0.3, -0.25) is 4.79 Å². The Morgan fingerprint density at radius 1 is 1.56 bits per heavy atom. The van der Waals surface area contributed by atoms with E-state index in [4.69, 9.17) is 0 Å². The van der Waals surface area contributed by atoms with Crippen molar-refractivity contribution in [3.8, 4) is 0 Å². The molecule has 2 rings (SSSR count). The minimum atomic E-state index is 0.0542. The van der Waals surface area contributed by atoms with Crippen LogP contribution in [0.15, 0.2) is 6.07 Å². The van der Waals surface area contributed by atoms with Crippen LogP contribution < -0.4 is 5.32 Å². The Morgan fingerprint density at radius 2 is 2.33 bits per heavy atom. The Bertz CT molecular complexity index is 441. The number of carbonyl (C=O) groups excluding carboxylic acids is 1. The summed E-state index contributed by atoms with van der Waals surface area (Å²) < 4.78 is 0. The molecule has 0 saturated carbocycles. The Hall–Kier alpha value is -1.49. The lowest BCUT2D eigenvalue weighted by Gasteiger charge is -2.24. The van der Waals surface area contributed by atoms with Crippen molar-refractivity contribution in [1.82, 2.24) is 20.4 Å². The zero-order valence-corrected chi connectivity index (χ0v) is 11.2. The van der Waals surface area contributed by atoms with Crippen LogP contribution >= 0.6 is 0 Å². The number of hydrogen-bond donors (Lipinski definition) is 1. The molecule has 1 amide bonds. The lowest BCUT2D eigenvalue weighted by atomic mass is 10.1. The largest absolute Gasteiger partial charge is 0.337 e. The number of aromatic nitrogens is 2. The molecule has 0 aromatic carbocycles. The average molecular weight is 248 g/mol. The van der Waals surface area contributed by atoms with E-state index in [-0.39, 0.29) is 11.9 Å².